The molecule has 20 heteroatoms. The van der Waals surface area contributed by atoms with Crippen LogP contribution in [0.25, 0.3) is 0 Å². The second kappa shape index (κ2) is 12.6. The van der Waals surface area contributed by atoms with E-state index >= 15 is 0 Å². The van der Waals surface area contributed by atoms with Gasteiger partial charge in [0.1, 0.15) is 11.0 Å². The lowest BCUT2D eigenvalue weighted by molar-refractivity contribution is -0.129. The molecule has 234 valence electrons. The van der Waals surface area contributed by atoms with Gasteiger partial charge in [-0.2, -0.15) is 4.99 Å². The van der Waals surface area contributed by atoms with E-state index in [9.17, 15) is 9.59 Å². The lowest BCUT2D eigenvalue weighted by Gasteiger charge is -2.42. The first kappa shape index (κ1) is 30.3. The van der Waals surface area contributed by atoms with Gasteiger partial charge in [-0.25, -0.2) is 11.7 Å². The van der Waals surface area contributed by atoms with Gasteiger partial charge in [0.2, 0.25) is 5.96 Å². The van der Waals surface area contributed by atoms with E-state index in [1.54, 1.807) is 0 Å². The minimum atomic E-state index is -1.11. The van der Waals surface area contributed by atoms with Crippen LogP contribution < -0.4 is 39.3 Å². The summed E-state index contributed by atoms with van der Waals surface area (Å²) in [6.07, 6.45) is 3.96. The number of dihydropyridines is 1. The second-order valence-electron chi connectivity index (χ2n) is 11.0. The summed E-state index contributed by atoms with van der Waals surface area (Å²) < 4.78 is 0. The summed E-state index contributed by atoms with van der Waals surface area (Å²) in [5.41, 5.74) is 0.0962. The van der Waals surface area contributed by atoms with Crippen molar-refractivity contribution in [3.05, 3.63) is 34.5 Å². The standard InChI is InChI=1S/C23H38ClN17O2/c1-37-8-10-38(11-9-37)15-3-2-14(12-29-15)21(43)39-6-4-23(5-7-39)13-40(27)22(41(23)28)32-20(42)16-18(33-35-25)31-19(34-36-26)17(24)30-16/h2-3,16,18,29-31H,4-13,27-28H2,1H3,(H2,25,33)(H2,26,34). The first-order valence-corrected chi connectivity index (χ1v) is 14.2. The Labute approximate surface area is 253 Å². The summed E-state index contributed by atoms with van der Waals surface area (Å²) in [6, 6.07) is -1.11. The number of nitrogens with one attached hydrogen (secondary N) is 3. The van der Waals surface area contributed by atoms with Crippen LogP contribution in [-0.4, -0.2) is 120 Å². The van der Waals surface area contributed by atoms with Crippen molar-refractivity contribution in [3.8, 4) is 0 Å². The summed E-state index contributed by atoms with van der Waals surface area (Å²) in [5.74, 6) is 23.6. The molecular weight excluding hydrogens is 582 g/mol. The second-order valence-corrected chi connectivity index (χ2v) is 11.4. The molecule has 2 amide bonds. The number of nitrogens with zero attached hydrogens (tertiary/aromatic N) is 10. The predicted octanol–water partition coefficient (Wildman–Crippen LogP) is -2.88. The summed E-state index contributed by atoms with van der Waals surface area (Å²) in [7, 11) is 2.12. The first-order chi connectivity index (χ1) is 20.7. The molecule has 0 aromatic carbocycles. The fraction of sp³-hybridized carbons (Fsp3) is 0.609. The van der Waals surface area contributed by atoms with Gasteiger partial charge in [0, 0.05) is 51.4 Å². The average molecular weight is 620 g/mol. The van der Waals surface area contributed by atoms with Crippen LogP contribution in [0.15, 0.2) is 60.2 Å². The maximum Gasteiger partial charge on any atom is 0.275 e. The smallest absolute Gasteiger partial charge is 0.275 e. The number of allylic oxidation sites excluding steroid dienone is 2. The SMILES string of the molecule is CN1CCN(C2=CC=C(C(=O)N3CCC4(CC3)CN(N)C(=NC(=O)C3NC(Cl)=C(N=NN)NC3N=NN)N4N)CN2)CC1. The van der Waals surface area contributed by atoms with Crippen molar-refractivity contribution in [2.75, 3.05) is 59.4 Å². The van der Waals surface area contributed by atoms with Gasteiger partial charge in [-0.1, -0.05) is 22.0 Å². The summed E-state index contributed by atoms with van der Waals surface area (Å²) in [5, 5.41) is 25.5. The number of hydrogen-bond donors (Lipinski definition) is 7. The molecule has 0 bridgehead atoms. The molecule has 5 heterocycles. The molecule has 2 atom stereocenters. The number of likely N-dealkylation sites (tertiary alicyclic amines) is 1. The molecule has 19 nitrogen and oxygen atoms in total. The molecule has 11 N–H and O–H groups in total. The molecule has 5 aliphatic heterocycles. The maximum absolute atomic E-state index is 13.3. The van der Waals surface area contributed by atoms with Crippen LogP contribution in [0, 0.1) is 0 Å². The molecule has 3 saturated heterocycles. The number of rotatable bonds is 5. The zero-order valence-electron chi connectivity index (χ0n) is 23.9. The molecule has 5 rings (SSSR count). The Balaban J connectivity index is 1.22. The molecule has 0 aromatic heterocycles. The topological polar surface area (TPSA) is 252 Å². The molecular formula is C23H38ClN17O2. The highest BCUT2D eigenvalue weighted by Gasteiger charge is 2.49. The molecule has 0 saturated carbocycles. The predicted molar refractivity (Wildman–Crippen MR) is 156 cm³/mol. The molecule has 43 heavy (non-hydrogen) atoms. The molecule has 0 radical (unpaired) electrons. The number of hydrazine groups is 2. The fourth-order valence-electron chi connectivity index (χ4n) is 5.79. The highest BCUT2D eigenvalue weighted by atomic mass is 35.5. The number of carbonyl (C=O) groups is 2. The summed E-state index contributed by atoms with van der Waals surface area (Å²) in [6.45, 7) is 5.66. The lowest BCUT2D eigenvalue weighted by Crippen LogP contribution is -2.59. The number of aliphatic imine (C=N–C) groups is 1. The van der Waals surface area contributed by atoms with E-state index < -0.39 is 23.7 Å². The monoisotopic (exact) mass is 619 g/mol. The molecule has 1 spiro atoms. The lowest BCUT2D eigenvalue weighted by atomic mass is 9.87. The van der Waals surface area contributed by atoms with Crippen molar-refractivity contribution < 1.29 is 9.59 Å². The first-order valence-electron chi connectivity index (χ1n) is 13.9. The molecule has 5 aliphatic rings. The van der Waals surface area contributed by atoms with Crippen LogP contribution in [0.5, 0.6) is 0 Å². The average Bonchev–Trinajstić information content (AvgIpc) is 3.23. The normalized spacial score (nSPS) is 27.5. The number of carbonyl (C=O) groups excluding carboxylic acids is 2. The van der Waals surface area contributed by atoms with E-state index in [0.717, 1.165) is 32.0 Å². The quantitative estimate of drug-likeness (QED) is 0.0707. The summed E-state index contributed by atoms with van der Waals surface area (Å²) in [4.78, 5) is 37.2. The number of likely N-dealkylation sites (N-methyl/N-ethyl adjacent to an activating group) is 1. The molecule has 3 fully saturated rings. The third-order valence-corrected chi connectivity index (χ3v) is 8.65. The van der Waals surface area contributed by atoms with Crippen LogP contribution in [-0.2, 0) is 9.59 Å². The number of hydrogen-bond acceptors (Lipinski definition) is 13. The Bertz CT molecular complexity index is 1280. The third kappa shape index (κ3) is 6.14. The van der Waals surface area contributed by atoms with Crippen LogP contribution in [0.2, 0.25) is 0 Å². The summed E-state index contributed by atoms with van der Waals surface area (Å²) >= 11 is 6.17. The van der Waals surface area contributed by atoms with Gasteiger partial charge >= 0.3 is 0 Å². The number of piperazine rings is 1. The van der Waals surface area contributed by atoms with Gasteiger partial charge in [0.15, 0.2) is 18.0 Å². The Morgan fingerprint density at radius 3 is 2.37 bits per heavy atom. The van der Waals surface area contributed by atoms with Crippen molar-refractivity contribution >= 4 is 29.4 Å². The number of piperidine rings is 1. The maximum atomic E-state index is 13.3. The van der Waals surface area contributed by atoms with E-state index in [2.05, 4.69) is 58.5 Å². The highest BCUT2D eigenvalue weighted by molar-refractivity contribution is 6.29. The van der Waals surface area contributed by atoms with Crippen molar-refractivity contribution in [2.45, 2.75) is 30.6 Å². The molecule has 0 aliphatic carbocycles. The van der Waals surface area contributed by atoms with Crippen LogP contribution in [0.1, 0.15) is 12.8 Å². The van der Waals surface area contributed by atoms with Gasteiger partial charge in [0.05, 0.1) is 12.1 Å². The number of amides is 2. The van der Waals surface area contributed by atoms with Crippen LogP contribution in [0.3, 0.4) is 0 Å². The van der Waals surface area contributed by atoms with Gasteiger partial charge in [-0.05, 0) is 32.0 Å². The number of guanidine groups is 1. The Hall–Kier alpha value is -4.20. The highest BCUT2D eigenvalue weighted by Crippen LogP contribution is 2.33. The van der Waals surface area contributed by atoms with Crippen molar-refractivity contribution in [1.29, 1.82) is 0 Å². The Kier molecular flexibility index (Phi) is 8.85. The van der Waals surface area contributed by atoms with Crippen molar-refractivity contribution in [3.63, 3.8) is 0 Å². The van der Waals surface area contributed by atoms with E-state index in [1.165, 1.54) is 10.0 Å². The minimum Gasteiger partial charge on any atom is -0.367 e. The van der Waals surface area contributed by atoms with Crippen molar-refractivity contribution in [2.24, 2.45) is 49.0 Å². The van der Waals surface area contributed by atoms with Gasteiger partial charge in [0.25, 0.3) is 11.8 Å². The number of halogens is 1. The van der Waals surface area contributed by atoms with E-state index in [-0.39, 0.29) is 22.8 Å². The Morgan fingerprint density at radius 2 is 1.74 bits per heavy atom. The largest absolute Gasteiger partial charge is 0.367 e. The molecule has 2 unspecified atom stereocenters. The van der Waals surface area contributed by atoms with Gasteiger partial charge in [-0.3, -0.25) is 19.6 Å². The van der Waals surface area contributed by atoms with E-state index in [4.69, 9.17) is 35.0 Å². The van der Waals surface area contributed by atoms with Crippen LogP contribution in [0.4, 0.5) is 0 Å². The zero-order valence-corrected chi connectivity index (χ0v) is 24.6. The van der Waals surface area contributed by atoms with Gasteiger partial charge in [-0.15, -0.1) is 10.2 Å². The van der Waals surface area contributed by atoms with Gasteiger partial charge < -0.3 is 42.3 Å². The minimum absolute atomic E-state index is 0.0132. The zero-order chi connectivity index (χ0) is 30.7. The fourth-order valence-corrected chi connectivity index (χ4v) is 6.00. The molecule has 0 aromatic rings. The van der Waals surface area contributed by atoms with Crippen molar-refractivity contribution in [1.82, 2.24) is 40.7 Å². The third-order valence-electron chi connectivity index (χ3n) is 8.37. The number of nitrogens with two attached hydrogens (primary N) is 4. The van der Waals surface area contributed by atoms with E-state index in [1.807, 2.05) is 17.1 Å². The Morgan fingerprint density at radius 1 is 1.02 bits per heavy atom. The van der Waals surface area contributed by atoms with E-state index in [0.29, 0.717) is 44.6 Å². The van der Waals surface area contributed by atoms with Crippen LogP contribution >= 0.6 is 11.6 Å².